The molecule has 1 aromatic heterocycles. The van der Waals surface area contributed by atoms with Crippen molar-refractivity contribution in [1.82, 2.24) is 14.9 Å². The van der Waals surface area contributed by atoms with Gasteiger partial charge in [-0.1, -0.05) is 0 Å². The molecule has 5 nitrogen and oxygen atoms in total. The molecule has 1 saturated heterocycles. The number of aromatic nitrogens is 2. The molecular weight excluding hydrogens is 214 g/mol. The van der Waals surface area contributed by atoms with E-state index in [0.717, 1.165) is 5.69 Å². The minimum absolute atomic E-state index is 0.241. The number of rotatable bonds is 2. The van der Waals surface area contributed by atoms with Gasteiger partial charge in [0.15, 0.2) is 9.84 Å². The van der Waals surface area contributed by atoms with Crippen molar-refractivity contribution < 1.29 is 8.42 Å². The Morgan fingerprint density at radius 3 is 3.07 bits per heavy atom. The fourth-order valence-corrected chi connectivity index (χ4v) is 3.29. The van der Waals surface area contributed by atoms with E-state index in [0.29, 0.717) is 19.6 Å². The summed E-state index contributed by atoms with van der Waals surface area (Å²) in [6.45, 7) is 3.50. The Kier molecular flexibility index (Phi) is 2.79. The second-order valence-corrected chi connectivity index (χ2v) is 6.31. The summed E-state index contributed by atoms with van der Waals surface area (Å²) in [6.07, 6.45) is 3.55. The van der Waals surface area contributed by atoms with Crippen LogP contribution in [0.15, 0.2) is 12.5 Å². The highest BCUT2D eigenvalue weighted by atomic mass is 32.2. The Labute approximate surface area is 89.4 Å². The maximum atomic E-state index is 11.7. The van der Waals surface area contributed by atoms with Crippen molar-refractivity contribution in [3.8, 4) is 0 Å². The Morgan fingerprint density at radius 2 is 2.47 bits per heavy atom. The zero-order valence-corrected chi connectivity index (χ0v) is 9.50. The van der Waals surface area contributed by atoms with E-state index >= 15 is 0 Å². The van der Waals surface area contributed by atoms with Crippen molar-refractivity contribution in [2.24, 2.45) is 0 Å². The van der Waals surface area contributed by atoms with Crippen LogP contribution < -0.4 is 5.32 Å². The van der Waals surface area contributed by atoms with Gasteiger partial charge in [0.05, 0.1) is 23.0 Å². The van der Waals surface area contributed by atoms with Crippen LogP contribution in [0.25, 0.3) is 0 Å². The number of nitrogens with zero attached hydrogens (tertiary/aromatic N) is 2. The predicted octanol–water partition coefficient (Wildman–Crippen LogP) is -0.422. The molecule has 0 spiro atoms. The lowest BCUT2D eigenvalue weighted by Gasteiger charge is -2.23. The summed E-state index contributed by atoms with van der Waals surface area (Å²) in [5, 5.41) is 2.79. The molecule has 84 valence electrons. The highest BCUT2D eigenvalue weighted by Crippen LogP contribution is 2.09. The van der Waals surface area contributed by atoms with Crippen LogP contribution in [0, 0.1) is 6.92 Å². The Balaban J connectivity index is 2.11. The van der Waals surface area contributed by atoms with E-state index in [9.17, 15) is 8.42 Å². The molecule has 1 aliphatic rings. The van der Waals surface area contributed by atoms with Gasteiger partial charge < -0.3 is 9.88 Å². The van der Waals surface area contributed by atoms with Gasteiger partial charge in [-0.3, -0.25) is 0 Å². The average Bonchev–Trinajstić information content (AvgIpc) is 2.55. The van der Waals surface area contributed by atoms with E-state index in [1.807, 2.05) is 17.7 Å². The second-order valence-electron chi connectivity index (χ2n) is 3.90. The first-order valence-corrected chi connectivity index (χ1v) is 6.70. The van der Waals surface area contributed by atoms with E-state index in [1.165, 1.54) is 0 Å². The summed E-state index contributed by atoms with van der Waals surface area (Å²) in [7, 11) is -2.92. The van der Waals surface area contributed by atoms with Crippen molar-refractivity contribution >= 4 is 9.84 Å². The van der Waals surface area contributed by atoms with E-state index in [1.54, 1.807) is 6.33 Å². The number of hydrogen-bond donors (Lipinski definition) is 1. The molecule has 1 aliphatic heterocycles. The molecule has 1 fully saturated rings. The summed E-state index contributed by atoms with van der Waals surface area (Å²) in [4.78, 5) is 4.08. The molecule has 0 aromatic carbocycles. The van der Waals surface area contributed by atoms with Gasteiger partial charge in [-0.25, -0.2) is 13.4 Å². The SMILES string of the molecule is Cc1cn(CC2CNCCS2(=O)=O)cn1. The summed E-state index contributed by atoms with van der Waals surface area (Å²) >= 11 is 0. The molecule has 0 amide bonds. The van der Waals surface area contributed by atoms with Crippen LogP contribution in [0.2, 0.25) is 0 Å². The van der Waals surface area contributed by atoms with Gasteiger partial charge >= 0.3 is 0 Å². The molecule has 0 radical (unpaired) electrons. The minimum Gasteiger partial charge on any atom is -0.336 e. The average molecular weight is 229 g/mol. The smallest absolute Gasteiger partial charge is 0.157 e. The fourth-order valence-electron chi connectivity index (χ4n) is 1.76. The molecule has 1 atom stereocenters. The number of aryl methyl sites for hydroxylation is 1. The molecule has 1 aromatic rings. The molecule has 2 heterocycles. The molecule has 2 rings (SSSR count). The summed E-state index contributed by atoms with van der Waals surface area (Å²) in [5.74, 6) is 0.241. The van der Waals surface area contributed by atoms with Crippen LogP contribution in [0.1, 0.15) is 5.69 Å². The van der Waals surface area contributed by atoms with E-state index < -0.39 is 9.84 Å². The summed E-state index contributed by atoms with van der Waals surface area (Å²) in [6, 6.07) is 0. The molecule has 1 unspecified atom stereocenters. The lowest BCUT2D eigenvalue weighted by molar-refractivity contribution is 0.516. The lowest BCUT2D eigenvalue weighted by atomic mass is 10.4. The minimum atomic E-state index is -2.92. The maximum Gasteiger partial charge on any atom is 0.157 e. The van der Waals surface area contributed by atoms with Crippen LogP contribution >= 0.6 is 0 Å². The number of sulfone groups is 1. The summed E-state index contributed by atoms with van der Waals surface area (Å²) < 4.78 is 25.3. The van der Waals surface area contributed by atoms with Gasteiger partial charge in [0, 0.05) is 25.8 Å². The van der Waals surface area contributed by atoms with E-state index in [4.69, 9.17) is 0 Å². The molecule has 0 bridgehead atoms. The van der Waals surface area contributed by atoms with Crippen LogP contribution in [-0.2, 0) is 16.4 Å². The third kappa shape index (κ3) is 2.38. The first kappa shape index (κ1) is 10.6. The predicted molar refractivity (Wildman–Crippen MR) is 57.4 cm³/mol. The number of hydrogen-bond acceptors (Lipinski definition) is 4. The van der Waals surface area contributed by atoms with Gasteiger partial charge in [-0.15, -0.1) is 0 Å². The van der Waals surface area contributed by atoms with Crippen molar-refractivity contribution in [2.75, 3.05) is 18.8 Å². The molecule has 0 saturated carbocycles. The quantitative estimate of drug-likeness (QED) is 0.748. The van der Waals surface area contributed by atoms with Gasteiger partial charge in [0.25, 0.3) is 0 Å². The lowest BCUT2D eigenvalue weighted by Crippen LogP contribution is -2.45. The number of imidazole rings is 1. The third-order valence-corrected chi connectivity index (χ3v) is 4.72. The van der Waals surface area contributed by atoms with E-state index in [-0.39, 0.29) is 11.0 Å². The van der Waals surface area contributed by atoms with Crippen LogP contribution in [-0.4, -0.2) is 42.1 Å². The molecule has 0 aliphatic carbocycles. The summed E-state index contributed by atoms with van der Waals surface area (Å²) in [5.41, 5.74) is 0.913. The van der Waals surface area contributed by atoms with E-state index in [2.05, 4.69) is 10.3 Å². The largest absolute Gasteiger partial charge is 0.336 e. The fraction of sp³-hybridized carbons (Fsp3) is 0.667. The van der Waals surface area contributed by atoms with Gasteiger partial charge in [0.2, 0.25) is 0 Å². The first-order chi connectivity index (χ1) is 7.08. The molecule has 6 heteroatoms. The maximum absolute atomic E-state index is 11.7. The standard InChI is InChI=1S/C9H15N3O2S/c1-8-5-12(7-11-8)6-9-4-10-2-3-15(9,13)14/h5,7,9-10H,2-4,6H2,1H3. The zero-order valence-electron chi connectivity index (χ0n) is 8.68. The Hall–Kier alpha value is -0.880. The second kappa shape index (κ2) is 3.94. The zero-order chi connectivity index (χ0) is 10.9. The van der Waals surface area contributed by atoms with Gasteiger partial charge in [-0.2, -0.15) is 0 Å². The first-order valence-electron chi connectivity index (χ1n) is 4.98. The highest BCUT2D eigenvalue weighted by molar-refractivity contribution is 7.92. The topological polar surface area (TPSA) is 64.0 Å². The Bertz CT molecular complexity index is 438. The normalized spacial score (nSPS) is 25.3. The van der Waals surface area contributed by atoms with Crippen LogP contribution in [0.5, 0.6) is 0 Å². The van der Waals surface area contributed by atoms with Gasteiger partial charge in [-0.05, 0) is 6.92 Å². The molecule has 1 N–H and O–H groups in total. The van der Waals surface area contributed by atoms with Crippen molar-refractivity contribution in [2.45, 2.75) is 18.7 Å². The molecular formula is C9H15N3O2S. The van der Waals surface area contributed by atoms with Crippen molar-refractivity contribution in [3.63, 3.8) is 0 Å². The highest BCUT2D eigenvalue weighted by Gasteiger charge is 2.28. The van der Waals surface area contributed by atoms with Gasteiger partial charge in [0.1, 0.15) is 0 Å². The van der Waals surface area contributed by atoms with Crippen LogP contribution in [0.3, 0.4) is 0 Å². The van der Waals surface area contributed by atoms with Crippen molar-refractivity contribution in [1.29, 1.82) is 0 Å². The number of nitrogens with one attached hydrogen (secondary N) is 1. The molecule has 15 heavy (non-hydrogen) atoms. The monoisotopic (exact) mass is 229 g/mol. The van der Waals surface area contributed by atoms with Crippen LogP contribution in [0.4, 0.5) is 0 Å². The Morgan fingerprint density at radius 1 is 1.67 bits per heavy atom. The third-order valence-electron chi connectivity index (χ3n) is 2.62. The van der Waals surface area contributed by atoms with Crippen molar-refractivity contribution in [3.05, 3.63) is 18.2 Å².